The van der Waals surface area contributed by atoms with Crippen molar-refractivity contribution in [1.82, 2.24) is 19.4 Å². The van der Waals surface area contributed by atoms with Crippen molar-refractivity contribution in [2.24, 2.45) is 0 Å². The molecular weight excluding hydrogens is 264 g/mol. The van der Waals surface area contributed by atoms with Crippen LogP contribution in [0.2, 0.25) is 0 Å². The number of carbonyl (C=O) groups is 1. The second kappa shape index (κ2) is 5.48. The number of fused-ring (bicyclic) bond motifs is 1. The normalized spacial score (nSPS) is 18.1. The van der Waals surface area contributed by atoms with Gasteiger partial charge in [-0.1, -0.05) is 0 Å². The molecule has 21 heavy (non-hydrogen) atoms. The first-order valence-electron chi connectivity index (χ1n) is 7.46. The molecule has 1 fully saturated rings. The first kappa shape index (κ1) is 14.1. The number of pyridine rings is 1. The molecule has 112 valence electrons. The number of rotatable bonds is 2. The van der Waals surface area contributed by atoms with Gasteiger partial charge in [-0.05, 0) is 32.5 Å². The lowest BCUT2D eigenvalue weighted by Gasteiger charge is -2.34. The smallest absolute Gasteiger partial charge is 0.245 e. The van der Waals surface area contributed by atoms with Gasteiger partial charge in [-0.25, -0.2) is 0 Å². The molecule has 3 rings (SSSR count). The average Bonchev–Trinajstić information content (AvgIpc) is 2.84. The Labute approximate surface area is 125 Å². The van der Waals surface area contributed by atoms with Crippen LogP contribution in [0.5, 0.6) is 0 Å². The zero-order chi connectivity index (χ0) is 15.0. The second-order valence-electron chi connectivity index (χ2n) is 5.92. The maximum absolute atomic E-state index is 12.7. The van der Waals surface area contributed by atoms with Crippen molar-refractivity contribution in [2.75, 3.05) is 33.2 Å². The third-order valence-electron chi connectivity index (χ3n) is 4.42. The van der Waals surface area contributed by atoms with Crippen LogP contribution < -0.4 is 0 Å². The molecular formula is C16H22N4O. The Morgan fingerprint density at radius 2 is 2.00 bits per heavy atom. The highest BCUT2D eigenvalue weighted by atomic mass is 16.2. The van der Waals surface area contributed by atoms with Crippen molar-refractivity contribution in [1.29, 1.82) is 0 Å². The van der Waals surface area contributed by atoms with E-state index >= 15 is 0 Å². The molecule has 2 aromatic heterocycles. The van der Waals surface area contributed by atoms with E-state index in [1.165, 1.54) is 0 Å². The minimum Gasteiger partial charge on any atom is -0.338 e. The quantitative estimate of drug-likeness (QED) is 0.843. The van der Waals surface area contributed by atoms with Gasteiger partial charge in [0.25, 0.3) is 0 Å². The van der Waals surface area contributed by atoms with Gasteiger partial charge >= 0.3 is 0 Å². The Balaban J connectivity index is 1.86. The van der Waals surface area contributed by atoms with Crippen LogP contribution in [0, 0.1) is 6.92 Å². The number of likely N-dealkylation sites (N-methyl/N-ethyl adjacent to an activating group) is 1. The molecule has 3 heterocycles. The molecule has 0 saturated carbocycles. The van der Waals surface area contributed by atoms with E-state index in [0.717, 1.165) is 42.6 Å². The van der Waals surface area contributed by atoms with Gasteiger partial charge in [0.05, 0.1) is 5.52 Å². The van der Waals surface area contributed by atoms with Gasteiger partial charge in [-0.3, -0.25) is 9.78 Å². The van der Waals surface area contributed by atoms with Gasteiger partial charge < -0.3 is 14.4 Å². The molecule has 1 aliphatic heterocycles. The van der Waals surface area contributed by atoms with Crippen molar-refractivity contribution in [3.05, 3.63) is 30.2 Å². The Kier molecular flexibility index (Phi) is 3.68. The number of hydrogen-bond acceptors (Lipinski definition) is 3. The molecule has 0 bridgehead atoms. The molecule has 5 heteroatoms. The predicted molar refractivity (Wildman–Crippen MR) is 83.3 cm³/mol. The molecule has 0 aliphatic carbocycles. The van der Waals surface area contributed by atoms with Crippen LogP contribution in [0.4, 0.5) is 0 Å². The monoisotopic (exact) mass is 286 g/mol. The third-order valence-corrected chi connectivity index (χ3v) is 4.42. The minimum absolute atomic E-state index is 0.174. The highest BCUT2D eigenvalue weighted by Gasteiger charge is 2.25. The first-order valence-corrected chi connectivity index (χ1v) is 7.46. The maximum atomic E-state index is 12.7. The third kappa shape index (κ3) is 2.53. The summed E-state index contributed by atoms with van der Waals surface area (Å²) in [6.07, 6.45) is 5.71. The van der Waals surface area contributed by atoms with E-state index in [9.17, 15) is 4.79 Å². The van der Waals surface area contributed by atoms with Crippen LogP contribution in [0.25, 0.3) is 10.9 Å². The highest BCUT2D eigenvalue weighted by Crippen LogP contribution is 2.24. The van der Waals surface area contributed by atoms with Crippen molar-refractivity contribution in [2.45, 2.75) is 19.9 Å². The number of nitrogens with zero attached hydrogens (tertiary/aromatic N) is 4. The van der Waals surface area contributed by atoms with Gasteiger partial charge in [-0.2, -0.15) is 0 Å². The summed E-state index contributed by atoms with van der Waals surface area (Å²) in [4.78, 5) is 21.1. The first-order chi connectivity index (χ1) is 10.1. The summed E-state index contributed by atoms with van der Waals surface area (Å²) in [5.74, 6) is 0.205. The summed E-state index contributed by atoms with van der Waals surface area (Å²) in [6, 6.07) is 1.81. The van der Waals surface area contributed by atoms with Gasteiger partial charge in [0, 0.05) is 50.2 Å². The molecule has 0 radical (unpaired) electrons. The lowest BCUT2D eigenvalue weighted by atomic mass is 10.2. The van der Waals surface area contributed by atoms with Crippen molar-refractivity contribution in [3.63, 3.8) is 0 Å². The fourth-order valence-corrected chi connectivity index (χ4v) is 2.99. The van der Waals surface area contributed by atoms with E-state index in [4.69, 9.17) is 0 Å². The standard InChI is InChI=1S/C16H22N4O/c1-12-11-20(15-4-5-17-10-14(12)15)13(2)16(21)19-8-6-18(3)7-9-19/h4-5,10-11,13H,6-9H2,1-3H3/t13-/m0/s1. The fourth-order valence-electron chi connectivity index (χ4n) is 2.99. The fraction of sp³-hybridized carbons (Fsp3) is 0.500. The molecule has 0 spiro atoms. The molecule has 1 atom stereocenters. The number of piperazine rings is 1. The predicted octanol–water partition coefficient (Wildman–Crippen LogP) is 1.68. The zero-order valence-corrected chi connectivity index (χ0v) is 12.9. The Hall–Kier alpha value is -1.88. The number of amides is 1. The summed E-state index contributed by atoms with van der Waals surface area (Å²) in [5, 5.41) is 1.12. The summed E-state index contributed by atoms with van der Waals surface area (Å²) >= 11 is 0. The summed E-state index contributed by atoms with van der Waals surface area (Å²) in [5.41, 5.74) is 2.24. The van der Waals surface area contributed by atoms with E-state index in [1.807, 2.05) is 24.1 Å². The van der Waals surface area contributed by atoms with E-state index in [-0.39, 0.29) is 11.9 Å². The van der Waals surface area contributed by atoms with Crippen LogP contribution >= 0.6 is 0 Å². The molecule has 0 aromatic carbocycles. The molecule has 2 aromatic rings. The Morgan fingerprint density at radius 3 is 2.71 bits per heavy atom. The number of carbonyl (C=O) groups excluding carboxylic acids is 1. The molecule has 0 unspecified atom stereocenters. The largest absolute Gasteiger partial charge is 0.338 e. The molecule has 1 aliphatic rings. The second-order valence-corrected chi connectivity index (χ2v) is 5.92. The highest BCUT2D eigenvalue weighted by molar-refractivity contribution is 5.87. The van der Waals surface area contributed by atoms with Crippen LogP contribution in [0.15, 0.2) is 24.7 Å². The van der Waals surface area contributed by atoms with E-state index in [1.54, 1.807) is 6.20 Å². The molecule has 1 saturated heterocycles. The molecule has 1 amide bonds. The average molecular weight is 286 g/mol. The molecule has 0 N–H and O–H groups in total. The number of aromatic nitrogens is 2. The van der Waals surface area contributed by atoms with Crippen LogP contribution in [-0.2, 0) is 4.79 Å². The van der Waals surface area contributed by atoms with Crippen molar-refractivity contribution < 1.29 is 4.79 Å². The lowest BCUT2D eigenvalue weighted by molar-refractivity contribution is -0.135. The SMILES string of the molecule is Cc1cn([C@@H](C)C(=O)N2CCN(C)CC2)c2ccncc12. The zero-order valence-electron chi connectivity index (χ0n) is 12.9. The molecule has 5 nitrogen and oxygen atoms in total. The van der Waals surface area contributed by atoms with Crippen LogP contribution in [-0.4, -0.2) is 58.5 Å². The van der Waals surface area contributed by atoms with Crippen LogP contribution in [0.1, 0.15) is 18.5 Å². The van der Waals surface area contributed by atoms with Crippen molar-refractivity contribution >= 4 is 16.8 Å². The topological polar surface area (TPSA) is 41.4 Å². The summed E-state index contributed by atoms with van der Waals surface area (Å²) in [7, 11) is 2.10. The number of aryl methyl sites for hydroxylation is 1. The van der Waals surface area contributed by atoms with E-state index in [0.29, 0.717) is 0 Å². The maximum Gasteiger partial charge on any atom is 0.245 e. The van der Waals surface area contributed by atoms with Crippen molar-refractivity contribution in [3.8, 4) is 0 Å². The minimum atomic E-state index is -0.174. The van der Waals surface area contributed by atoms with Gasteiger partial charge in [-0.15, -0.1) is 0 Å². The van der Waals surface area contributed by atoms with E-state index in [2.05, 4.69) is 34.6 Å². The Bertz CT molecular complexity index is 655. The summed E-state index contributed by atoms with van der Waals surface area (Å²) in [6.45, 7) is 7.59. The number of hydrogen-bond donors (Lipinski definition) is 0. The van der Waals surface area contributed by atoms with Crippen LogP contribution in [0.3, 0.4) is 0 Å². The van der Waals surface area contributed by atoms with Gasteiger partial charge in [0.15, 0.2) is 0 Å². The lowest BCUT2D eigenvalue weighted by Crippen LogP contribution is -2.48. The van der Waals surface area contributed by atoms with Gasteiger partial charge in [0.2, 0.25) is 5.91 Å². The Morgan fingerprint density at radius 1 is 1.29 bits per heavy atom. The van der Waals surface area contributed by atoms with E-state index < -0.39 is 0 Å². The summed E-state index contributed by atoms with van der Waals surface area (Å²) < 4.78 is 2.08. The van der Waals surface area contributed by atoms with Gasteiger partial charge in [0.1, 0.15) is 6.04 Å².